The number of fused-ring (bicyclic) bond motifs is 2. The van der Waals surface area contributed by atoms with E-state index in [2.05, 4.69) is 123 Å². The van der Waals surface area contributed by atoms with Gasteiger partial charge in [0.25, 0.3) is 5.01 Å². The Labute approximate surface area is 208 Å². The number of thioether (sulfide) groups is 1. The first-order valence-corrected chi connectivity index (χ1v) is 13.6. The summed E-state index contributed by atoms with van der Waals surface area (Å²) >= 11 is 8.56. The third kappa shape index (κ3) is 4.70. The molecule has 0 saturated heterocycles. The van der Waals surface area contributed by atoms with Crippen molar-refractivity contribution in [2.24, 2.45) is 0 Å². The lowest BCUT2D eigenvalue weighted by atomic mass is 10.3. The second-order valence-electron chi connectivity index (χ2n) is 6.93. The maximum atomic E-state index is 2.45. The standard InChI is InChI=1S/C23H23I2N2S2/c1-3-12-26-18-10-8-16(24)14-20(18)28-22(26)6-5-7-23-27(13-4-2)19-11-9-17(25)15-21(19)29-23/h5-11,14-15H,3-4,12-13H2,1-2H3/q+1. The van der Waals surface area contributed by atoms with Crippen LogP contribution in [0.1, 0.15) is 31.7 Å². The molecule has 0 radical (unpaired) electrons. The average Bonchev–Trinajstić information content (AvgIpc) is 3.20. The van der Waals surface area contributed by atoms with Crippen molar-refractivity contribution < 1.29 is 4.57 Å². The van der Waals surface area contributed by atoms with Gasteiger partial charge >= 0.3 is 0 Å². The van der Waals surface area contributed by atoms with E-state index in [4.69, 9.17) is 0 Å². The molecule has 0 fully saturated rings. The Morgan fingerprint density at radius 3 is 2.62 bits per heavy atom. The van der Waals surface area contributed by atoms with Crippen molar-refractivity contribution in [2.75, 3.05) is 11.4 Å². The molecule has 6 heteroatoms. The van der Waals surface area contributed by atoms with Crippen LogP contribution in [0.15, 0.2) is 58.5 Å². The third-order valence-corrected chi connectivity index (χ3v) is 8.33. The third-order valence-electron chi connectivity index (χ3n) is 4.76. The van der Waals surface area contributed by atoms with E-state index >= 15 is 0 Å². The lowest BCUT2D eigenvalue weighted by Gasteiger charge is -2.19. The fourth-order valence-electron chi connectivity index (χ4n) is 3.53. The maximum Gasteiger partial charge on any atom is 0.262 e. The molecule has 0 spiro atoms. The van der Waals surface area contributed by atoms with Crippen LogP contribution in [0.5, 0.6) is 0 Å². The Bertz CT molecular complexity index is 1100. The Kier molecular flexibility index (Phi) is 7.24. The summed E-state index contributed by atoms with van der Waals surface area (Å²) in [5, 5.41) is 2.63. The second kappa shape index (κ2) is 9.70. The molecule has 0 amide bonds. The average molecular weight is 645 g/mol. The molecule has 0 unspecified atom stereocenters. The summed E-state index contributed by atoms with van der Waals surface area (Å²) in [6.45, 7) is 6.60. The number of allylic oxidation sites excluding steroid dienone is 2. The minimum Gasteiger partial charge on any atom is -0.335 e. The van der Waals surface area contributed by atoms with Gasteiger partial charge in [0.2, 0.25) is 5.52 Å². The summed E-state index contributed by atoms with van der Waals surface area (Å²) in [7, 11) is 0. The van der Waals surface area contributed by atoms with Crippen molar-refractivity contribution in [3.63, 3.8) is 0 Å². The smallest absolute Gasteiger partial charge is 0.262 e. The maximum absolute atomic E-state index is 2.45. The van der Waals surface area contributed by atoms with Crippen LogP contribution in [0, 0.1) is 7.14 Å². The molecule has 0 N–H and O–H groups in total. The molecule has 4 rings (SSSR count). The lowest BCUT2D eigenvalue weighted by molar-refractivity contribution is -0.668. The molecule has 0 bridgehead atoms. The predicted octanol–water partition coefficient (Wildman–Crippen LogP) is 7.68. The van der Waals surface area contributed by atoms with Crippen molar-refractivity contribution >= 4 is 90.3 Å². The molecule has 1 aliphatic rings. The van der Waals surface area contributed by atoms with Crippen molar-refractivity contribution in [2.45, 2.75) is 38.1 Å². The highest BCUT2D eigenvalue weighted by atomic mass is 127. The van der Waals surface area contributed by atoms with E-state index in [1.165, 1.54) is 38.0 Å². The summed E-state index contributed by atoms with van der Waals surface area (Å²) in [5.74, 6) is 0. The van der Waals surface area contributed by atoms with E-state index in [0.29, 0.717) is 0 Å². The van der Waals surface area contributed by atoms with E-state index in [0.717, 1.165) is 25.9 Å². The van der Waals surface area contributed by atoms with E-state index in [1.54, 1.807) is 0 Å². The normalized spacial score (nSPS) is 15.2. The number of halogens is 2. The minimum absolute atomic E-state index is 1.05. The van der Waals surface area contributed by atoms with Crippen LogP contribution < -0.4 is 9.47 Å². The van der Waals surface area contributed by atoms with Gasteiger partial charge in [0.15, 0.2) is 0 Å². The van der Waals surface area contributed by atoms with Gasteiger partial charge in [-0.1, -0.05) is 43.0 Å². The van der Waals surface area contributed by atoms with E-state index < -0.39 is 0 Å². The zero-order valence-electron chi connectivity index (χ0n) is 16.5. The van der Waals surface area contributed by atoms with Gasteiger partial charge in [-0.3, -0.25) is 0 Å². The molecule has 0 atom stereocenters. The highest BCUT2D eigenvalue weighted by molar-refractivity contribution is 14.1. The first-order chi connectivity index (χ1) is 14.1. The molecule has 3 aromatic rings. The van der Waals surface area contributed by atoms with Gasteiger partial charge < -0.3 is 4.90 Å². The monoisotopic (exact) mass is 645 g/mol. The first kappa shape index (κ1) is 21.6. The zero-order chi connectivity index (χ0) is 20.4. The molecule has 1 aliphatic heterocycles. The molecule has 2 aromatic carbocycles. The van der Waals surface area contributed by atoms with E-state index in [9.17, 15) is 0 Å². The molecular weight excluding hydrogens is 622 g/mol. The minimum atomic E-state index is 1.05. The number of benzene rings is 2. The van der Waals surface area contributed by atoms with Crippen LogP contribution in [0.3, 0.4) is 0 Å². The quantitative estimate of drug-likeness (QED) is 0.201. The van der Waals surface area contributed by atoms with Crippen LogP contribution in [0.4, 0.5) is 5.69 Å². The summed E-state index contributed by atoms with van der Waals surface area (Å²) in [6, 6.07) is 13.5. The van der Waals surface area contributed by atoms with Gasteiger partial charge in [-0.15, -0.1) is 0 Å². The van der Waals surface area contributed by atoms with Gasteiger partial charge in [-0.25, -0.2) is 0 Å². The second-order valence-corrected chi connectivity index (χ2v) is 11.5. The Hall–Kier alpha value is -0.580. The number of aryl methyl sites for hydroxylation is 1. The van der Waals surface area contributed by atoms with Crippen molar-refractivity contribution in [1.29, 1.82) is 0 Å². The van der Waals surface area contributed by atoms with Crippen molar-refractivity contribution in [3.8, 4) is 0 Å². The number of hydrogen-bond acceptors (Lipinski definition) is 3. The summed E-state index contributed by atoms with van der Waals surface area (Å²) in [5.41, 5.74) is 2.68. The van der Waals surface area contributed by atoms with Crippen molar-refractivity contribution in [1.82, 2.24) is 0 Å². The summed E-state index contributed by atoms with van der Waals surface area (Å²) in [6.07, 6.45) is 9.05. The predicted molar refractivity (Wildman–Crippen MR) is 145 cm³/mol. The number of anilines is 1. The fourth-order valence-corrected chi connectivity index (χ4v) is 7.21. The highest BCUT2D eigenvalue weighted by Crippen LogP contribution is 2.46. The molecule has 0 saturated carbocycles. The van der Waals surface area contributed by atoms with E-state index in [1.807, 2.05) is 23.1 Å². The van der Waals surface area contributed by atoms with Gasteiger partial charge in [-0.2, -0.15) is 4.57 Å². The number of hydrogen-bond donors (Lipinski definition) is 0. The van der Waals surface area contributed by atoms with Crippen LogP contribution in [0.25, 0.3) is 16.3 Å². The molecule has 2 nitrogen and oxygen atoms in total. The summed E-state index contributed by atoms with van der Waals surface area (Å²) < 4.78 is 6.40. The lowest BCUT2D eigenvalue weighted by Crippen LogP contribution is -2.34. The molecule has 2 heterocycles. The number of nitrogens with zero attached hydrogens (tertiary/aromatic N) is 2. The van der Waals surface area contributed by atoms with Gasteiger partial charge in [0.1, 0.15) is 11.2 Å². The highest BCUT2D eigenvalue weighted by Gasteiger charge is 2.24. The summed E-state index contributed by atoms with van der Waals surface area (Å²) in [4.78, 5) is 3.82. The molecule has 29 heavy (non-hydrogen) atoms. The van der Waals surface area contributed by atoms with Crippen molar-refractivity contribution in [3.05, 3.63) is 65.7 Å². The van der Waals surface area contributed by atoms with Crippen LogP contribution in [-0.4, -0.2) is 6.54 Å². The van der Waals surface area contributed by atoms with Crippen LogP contribution in [0.2, 0.25) is 0 Å². The molecule has 150 valence electrons. The zero-order valence-corrected chi connectivity index (χ0v) is 22.4. The number of aromatic nitrogens is 1. The fraction of sp³-hybridized carbons (Fsp3) is 0.261. The van der Waals surface area contributed by atoms with Gasteiger partial charge in [-0.05, 0) is 88.0 Å². The Morgan fingerprint density at radius 1 is 1.03 bits per heavy atom. The molecular formula is C23H23I2N2S2+. The largest absolute Gasteiger partial charge is 0.335 e. The Morgan fingerprint density at radius 2 is 1.83 bits per heavy atom. The van der Waals surface area contributed by atoms with Gasteiger partial charge in [0, 0.05) is 37.1 Å². The number of rotatable bonds is 6. The first-order valence-electron chi connectivity index (χ1n) is 9.86. The Balaban J connectivity index is 1.65. The molecule has 1 aromatic heterocycles. The molecule has 0 aliphatic carbocycles. The van der Waals surface area contributed by atoms with E-state index in [-0.39, 0.29) is 0 Å². The van der Waals surface area contributed by atoms with Gasteiger partial charge in [0.05, 0.1) is 10.7 Å². The topological polar surface area (TPSA) is 7.12 Å². The number of thiazole rings is 1. The van der Waals surface area contributed by atoms with Crippen LogP contribution in [-0.2, 0) is 6.54 Å². The SMILES string of the molecule is CCCN1/C(=C/C=C/c2sc3cc(I)ccc3[n+]2CCC)Sc2cc(I)ccc21. The van der Waals surface area contributed by atoms with Crippen LogP contribution >= 0.6 is 68.3 Å².